The average molecular weight is 271 g/mol. The van der Waals surface area contributed by atoms with E-state index in [1.807, 2.05) is 0 Å². The summed E-state index contributed by atoms with van der Waals surface area (Å²) in [5, 5.41) is 6.65. The van der Waals surface area contributed by atoms with Crippen LogP contribution in [0.3, 0.4) is 0 Å². The molecule has 0 amide bonds. The van der Waals surface area contributed by atoms with Crippen LogP contribution in [0.4, 0.5) is 0 Å². The fourth-order valence-electron chi connectivity index (χ4n) is 2.48. The minimum atomic E-state index is -3.43. The van der Waals surface area contributed by atoms with E-state index >= 15 is 0 Å². The molecule has 0 spiro atoms. The number of aromatic amines is 1. The van der Waals surface area contributed by atoms with Crippen LogP contribution < -0.4 is 4.72 Å². The van der Waals surface area contributed by atoms with E-state index in [2.05, 4.69) is 21.8 Å². The van der Waals surface area contributed by atoms with E-state index < -0.39 is 10.0 Å². The molecular weight excluding hydrogens is 250 g/mol. The van der Waals surface area contributed by atoms with Gasteiger partial charge in [0.1, 0.15) is 4.90 Å². The fraction of sp³-hybridized carbons (Fsp3) is 0.750. The van der Waals surface area contributed by atoms with Gasteiger partial charge in [0.05, 0.1) is 11.4 Å². The molecule has 1 aliphatic carbocycles. The van der Waals surface area contributed by atoms with Crippen LogP contribution >= 0.6 is 0 Å². The Labute approximate surface area is 108 Å². The maximum Gasteiger partial charge on any atom is 0.244 e. The van der Waals surface area contributed by atoms with Crippen molar-refractivity contribution in [1.29, 1.82) is 0 Å². The molecule has 0 aliphatic heterocycles. The minimum Gasteiger partial charge on any atom is -0.281 e. The number of hydrogen-bond acceptors (Lipinski definition) is 3. The summed E-state index contributed by atoms with van der Waals surface area (Å²) in [7, 11) is -3.43. The van der Waals surface area contributed by atoms with E-state index in [4.69, 9.17) is 0 Å². The zero-order valence-corrected chi connectivity index (χ0v) is 12.0. The molecule has 5 nitrogen and oxygen atoms in total. The highest BCUT2D eigenvalue weighted by molar-refractivity contribution is 7.89. The van der Waals surface area contributed by atoms with Gasteiger partial charge in [-0.15, -0.1) is 0 Å². The van der Waals surface area contributed by atoms with Crippen molar-refractivity contribution in [1.82, 2.24) is 14.9 Å². The minimum absolute atomic E-state index is 0.216. The summed E-state index contributed by atoms with van der Waals surface area (Å²) in [5.41, 5.74) is 1.34. The van der Waals surface area contributed by atoms with E-state index in [-0.39, 0.29) is 5.41 Å². The lowest BCUT2D eigenvalue weighted by atomic mass is 10.0. The van der Waals surface area contributed by atoms with Crippen molar-refractivity contribution >= 4 is 10.0 Å². The molecular formula is C12H21N3O2S. The molecule has 0 radical (unpaired) electrons. The Hall–Kier alpha value is -0.880. The molecule has 102 valence electrons. The van der Waals surface area contributed by atoms with E-state index in [0.717, 1.165) is 25.7 Å². The number of aryl methyl sites for hydroxylation is 2. The summed E-state index contributed by atoms with van der Waals surface area (Å²) in [6.45, 7) is 6.12. The Balaban J connectivity index is 2.09. The first-order valence-electron chi connectivity index (χ1n) is 6.41. The third-order valence-corrected chi connectivity index (χ3v) is 5.37. The normalized spacial score (nSPS) is 17.9. The Morgan fingerprint density at radius 3 is 2.50 bits per heavy atom. The predicted molar refractivity (Wildman–Crippen MR) is 69.8 cm³/mol. The maximum absolute atomic E-state index is 12.2. The largest absolute Gasteiger partial charge is 0.281 e. The number of hydrogen-bond donors (Lipinski definition) is 2. The van der Waals surface area contributed by atoms with E-state index in [1.165, 1.54) is 0 Å². The third-order valence-electron chi connectivity index (χ3n) is 3.70. The molecule has 0 atom stereocenters. The number of aromatic nitrogens is 2. The Bertz CT molecular complexity index is 510. The highest BCUT2D eigenvalue weighted by Gasteiger charge is 2.42. The highest BCUT2D eigenvalue weighted by Crippen LogP contribution is 2.49. The molecule has 1 aromatic rings. The number of nitrogens with one attached hydrogen (secondary N) is 2. The van der Waals surface area contributed by atoms with Crippen molar-refractivity contribution in [3.63, 3.8) is 0 Å². The van der Waals surface area contributed by atoms with Crippen LogP contribution in [0.5, 0.6) is 0 Å². The lowest BCUT2D eigenvalue weighted by molar-refractivity contribution is 0.449. The van der Waals surface area contributed by atoms with Gasteiger partial charge in [0.25, 0.3) is 0 Å². The van der Waals surface area contributed by atoms with Gasteiger partial charge in [-0.05, 0) is 38.5 Å². The molecule has 1 fully saturated rings. The van der Waals surface area contributed by atoms with Crippen LogP contribution in [-0.2, 0) is 10.0 Å². The van der Waals surface area contributed by atoms with Crippen molar-refractivity contribution in [3.05, 3.63) is 11.4 Å². The zero-order chi connectivity index (χ0) is 13.4. The van der Waals surface area contributed by atoms with Gasteiger partial charge in [0, 0.05) is 6.54 Å². The molecule has 1 aliphatic rings. The summed E-state index contributed by atoms with van der Waals surface area (Å²) in [6, 6.07) is 0. The van der Waals surface area contributed by atoms with E-state index in [0.29, 0.717) is 22.8 Å². The molecule has 1 heterocycles. The van der Waals surface area contributed by atoms with Crippen LogP contribution in [0.1, 0.15) is 44.0 Å². The van der Waals surface area contributed by atoms with Crippen LogP contribution in [-0.4, -0.2) is 25.2 Å². The first-order chi connectivity index (χ1) is 8.40. The molecule has 0 bridgehead atoms. The summed E-state index contributed by atoms with van der Waals surface area (Å²) < 4.78 is 27.2. The smallest absolute Gasteiger partial charge is 0.244 e. The lowest BCUT2D eigenvalue weighted by Crippen LogP contribution is -2.31. The van der Waals surface area contributed by atoms with Gasteiger partial charge in [-0.25, -0.2) is 13.1 Å². The van der Waals surface area contributed by atoms with Crippen LogP contribution in [0.25, 0.3) is 0 Å². The van der Waals surface area contributed by atoms with Crippen molar-refractivity contribution in [3.8, 4) is 0 Å². The standard InChI is InChI=1S/C12H21N3O2S/c1-4-5-12(6-7-12)8-13-18(16,17)11-9(2)14-15-10(11)3/h13H,4-8H2,1-3H3,(H,14,15). The predicted octanol–water partition coefficient (Wildman–Crippen LogP) is 1.89. The molecule has 1 saturated carbocycles. The number of nitrogens with zero attached hydrogens (tertiary/aromatic N) is 1. The Kier molecular flexibility index (Phi) is 3.51. The second-order valence-electron chi connectivity index (χ2n) is 5.34. The van der Waals surface area contributed by atoms with E-state index in [1.54, 1.807) is 13.8 Å². The van der Waals surface area contributed by atoms with Crippen molar-refractivity contribution in [2.75, 3.05) is 6.54 Å². The van der Waals surface area contributed by atoms with Gasteiger partial charge in [-0.1, -0.05) is 13.3 Å². The number of rotatable bonds is 6. The second kappa shape index (κ2) is 4.66. The molecule has 0 saturated heterocycles. The second-order valence-corrected chi connectivity index (χ2v) is 7.04. The number of H-pyrrole nitrogens is 1. The lowest BCUT2D eigenvalue weighted by Gasteiger charge is -2.15. The van der Waals surface area contributed by atoms with Gasteiger partial charge >= 0.3 is 0 Å². The SMILES string of the molecule is CCCC1(CNS(=O)(=O)c2c(C)n[nH]c2C)CC1. The van der Waals surface area contributed by atoms with Gasteiger partial charge in [-0.3, -0.25) is 5.10 Å². The maximum atomic E-state index is 12.2. The van der Waals surface area contributed by atoms with Gasteiger partial charge < -0.3 is 0 Å². The molecule has 0 unspecified atom stereocenters. The quantitative estimate of drug-likeness (QED) is 0.829. The van der Waals surface area contributed by atoms with Crippen LogP contribution in [0.2, 0.25) is 0 Å². The molecule has 2 N–H and O–H groups in total. The van der Waals surface area contributed by atoms with Crippen molar-refractivity contribution in [2.24, 2.45) is 5.41 Å². The topological polar surface area (TPSA) is 74.8 Å². The van der Waals surface area contributed by atoms with Crippen LogP contribution in [0.15, 0.2) is 4.90 Å². The van der Waals surface area contributed by atoms with Gasteiger partial charge in [0.2, 0.25) is 10.0 Å². The van der Waals surface area contributed by atoms with Crippen molar-refractivity contribution < 1.29 is 8.42 Å². The van der Waals surface area contributed by atoms with Gasteiger partial charge in [-0.2, -0.15) is 5.10 Å². The fourth-order valence-corrected chi connectivity index (χ4v) is 4.00. The third kappa shape index (κ3) is 2.59. The first-order valence-corrected chi connectivity index (χ1v) is 7.90. The molecule has 18 heavy (non-hydrogen) atoms. The summed E-state index contributed by atoms with van der Waals surface area (Å²) in [6.07, 6.45) is 4.46. The zero-order valence-electron chi connectivity index (χ0n) is 11.2. The molecule has 1 aromatic heterocycles. The summed E-state index contributed by atoms with van der Waals surface area (Å²) >= 11 is 0. The van der Waals surface area contributed by atoms with E-state index in [9.17, 15) is 8.42 Å². The monoisotopic (exact) mass is 271 g/mol. The van der Waals surface area contributed by atoms with Crippen molar-refractivity contribution in [2.45, 2.75) is 51.3 Å². The Morgan fingerprint density at radius 2 is 2.06 bits per heavy atom. The first kappa shape index (κ1) is 13.5. The van der Waals surface area contributed by atoms with Gasteiger partial charge in [0.15, 0.2) is 0 Å². The molecule has 0 aromatic carbocycles. The average Bonchev–Trinajstić information content (AvgIpc) is 2.97. The molecule has 6 heteroatoms. The highest BCUT2D eigenvalue weighted by atomic mass is 32.2. The summed E-state index contributed by atoms with van der Waals surface area (Å²) in [4.78, 5) is 0.301. The van der Waals surface area contributed by atoms with Crippen LogP contribution in [0, 0.1) is 19.3 Å². The molecule has 2 rings (SSSR count). The Morgan fingerprint density at radius 1 is 1.39 bits per heavy atom. The summed E-state index contributed by atoms with van der Waals surface area (Å²) in [5.74, 6) is 0. The number of sulfonamides is 1.